The van der Waals surface area contributed by atoms with E-state index in [1.54, 1.807) is 16.4 Å². The van der Waals surface area contributed by atoms with Crippen molar-refractivity contribution in [2.45, 2.75) is 100 Å². The van der Waals surface area contributed by atoms with Crippen LogP contribution in [0.4, 0.5) is 11.8 Å². The first kappa shape index (κ1) is 26.5. The number of anilines is 2. The molecule has 0 atom stereocenters. The number of aromatic nitrogens is 4. The number of sulfonamides is 1. The zero-order valence-corrected chi connectivity index (χ0v) is 23.5. The van der Waals surface area contributed by atoms with Gasteiger partial charge in [-0.05, 0) is 70.4 Å². The average Bonchev–Trinajstić information content (AvgIpc) is 3.61. The minimum atomic E-state index is -3.50. The van der Waals surface area contributed by atoms with Gasteiger partial charge < -0.3 is 20.9 Å². The lowest BCUT2D eigenvalue weighted by Gasteiger charge is -2.32. The maximum absolute atomic E-state index is 13.2. The molecule has 3 aliphatic rings. The van der Waals surface area contributed by atoms with Crippen molar-refractivity contribution in [1.82, 2.24) is 23.8 Å². The van der Waals surface area contributed by atoms with E-state index in [4.69, 9.17) is 20.7 Å². The predicted molar refractivity (Wildman–Crippen MR) is 153 cm³/mol. The van der Waals surface area contributed by atoms with Gasteiger partial charge in [-0.15, -0.1) is 0 Å². The molecule has 2 saturated carbocycles. The van der Waals surface area contributed by atoms with Gasteiger partial charge in [-0.2, -0.15) is 14.3 Å². The molecular weight excluding hydrogens is 512 g/mol. The van der Waals surface area contributed by atoms with E-state index in [1.807, 2.05) is 25.4 Å². The van der Waals surface area contributed by atoms with Gasteiger partial charge in [0, 0.05) is 37.3 Å². The largest absolute Gasteiger partial charge is 0.365 e. The lowest BCUT2D eigenvalue weighted by Crippen LogP contribution is -2.42. The first-order valence-electron chi connectivity index (χ1n) is 14.5. The maximum atomic E-state index is 13.2. The van der Waals surface area contributed by atoms with Gasteiger partial charge in [0.2, 0.25) is 16.0 Å². The number of benzene rings is 1. The van der Waals surface area contributed by atoms with E-state index in [0.717, 1.165) is 61.1 Å². The third-order valence-electron chi connectivity index (χ3n) is 8.70. The van der Waals surface area contributed by atoms with Crippen LogP contribution in [-0.2, 0) is 10.0 Å². The molecular formula is C28H40N8O2S. The highest BCUT2D eigenvalue weighted by molar-refractivity contribution is 7.89. The van der Waals surface area contributed by atoms with Crippen LogP contribution in [0.15, 0.2) is 35.5 Å². The van der Waals surface area contributed by atoms with Crippen molar-refractivity contribution in [3.05, 3.63) is 36.2 Å². The highest BCUT2D eigenvalue weighted by atomic mass is 32.2. The lowest BCUT2D eigenvalue weighted by molar-refractivity contribution is 0.329. The molecule has 1 aromatic carbocycles. The SMILES string of the molecule is Cc1ccc(S(=O)(=O)N2CCC(Nc3nc(N[C@H]4CC[C@H](N)CC4)nc4c3ncn4C3CCCC3)CC2)cc1. The summed E-state index contributed by atoms with van der Waals surface area (Å²) in [6, 6.07) is 8.21. The van der Waals surface area contributed by atoms with Crippen molar-refractivity contribution in [1.29, 1.82) is 0 Å². The van der Waals surface area contributed by atoms with Crippen molar-refractivity contribution in [3.8, 4) is 0 Å². The van der Waals surface area contributed by atoms with Gasteiger partial charge >= 0.3 is 0 Å². The minimum absolute atomic E-state index is 0.102. The zero-order valence-electron chi connectivity index (χ0n) is 22.7. The summed E-state index contributed by atoms with van der Waals surface area (Å²) < 4.78 is 30.2. The summed E-state index contributed by atoms with van der Waals surface area (Å²) in [4.78, 5) is 15.0. The third-order valence-corrected chi connectivity index (χ3v) is 10.6. The Balaban J connectivity index is 1.20. The Morgan fingerprint density at radius 3 is 2.23 bits per heavy atom. The summed E-state index contributed by atoms with van der Waals surface area (Å²) in [6.45, 7) is 2.89. The molecule has 0 unspecified atom stereocenters. The van der Waals surface area contributed by atoms with E-state index in [-0.39, 0.29) is 12.1 Å². The van der Waals surface area contributed by atoms with Gasteiger partial charge in [-0.1, -0.05) is 30.5 Å². The minimum Gasteiger partial charge on any atom is -0.365 e. The number of hydrogen-bond donors (Lipinski definition) is 3. The summed E-state index contributed by atoms with van der Waals surface area (Å²) in [7, 11) is -3.50. The Bertz CT molecular complexity index is 1380. The first-order valence-corrected chi connectivity index (χ1v) is 15.9. The van der Waals surface area contributed by atoms with Crippen molar-refractivity contribution in [3.63, 3.8) is 0 Å². The van der Waals surface area contributed by atoms with Crippen LogP contribution in [0.1, 0.15) is 75.8 Å². The van der Waals surface area contributed by atoms with Crippen LogP contribution in [0.3, 0.4) is 0 Å². The van der Waals surface area contributed by atoms with Crippen LogP contribution in [0.5, 0.6) is 0 Å². The smallest absolute Gasteiger partial charge is 0.243 e. The average molecular weight is 553 g/mol. The van der Waals surface area contributed by atoms with Gasteiger partial charge in [0.15, 0.2) is 17.0 Å². The molecule has 1 aliphatic heterocycles. The van der Waals surface area contributed by atoms with Crippen molar-refractivity contribution in [2.75, 3.05) is 23.7 Å². The summed E-state index contributed by atoms with van der Waals surface area (Å²) in [5, 5.41) is 7.20. The number of piperidine rings is 1. The van der Waals surface area contributed by atoms with Crippen molar-refractivity contribution < 1.29 is 8.42 Å². The molecule has 2 aromatic heterocycles. The van der Waals surface area contributed by atoms with Gasteiger partial charge in [-0.25, -0.2) is 13.4 Å². The number of nitrogens with one attached hydrogen (secondary N) is 2. The summed E-state index contributed by atoms with van der Waals surface area (Å²) in [5.74, 6) is 1.36. The summed E-state index contributed by atoms with van der Waals surface area (Å²) in [6.07, 6.45) is 12.1. The van der Waals surface area contributed by atoms with Crippen LogP contribution in [0, 0.1) is 6.92 Å². The molecule has 0 amide bonds. The predicted octanol–water partition coefficient (Wildman–Crippen LogP) is 4.20. The standard InChI is InChI=1S/C28H40N8O2S/c1-19-6-12-24(13-7-19)39(37,38)35-16-14-22(15-17-35)31-26-25-27(36(18-30-25)23-4-2-3-5-23)34-28(33-26)32-21-10-8-20(29)9-11-21/h6-7,12-13,18,20-23H,2-5,8-11,14-17,29H2,1H3,(H2,31,32,33,34)/t20-,21-. The number of rotatable bonds is 7. The molecule has 3 heterocycles. The normalized spacial score (nSPS) is 23.8. The first-order chi connectivity index (χ1) is 18.9. The van der Waals surface area contributed by atoms with E-state index in [0.29, 0.717) is 48.9 Å². The molecule has 210 valence electrons. The van der Waals surface area contributed by atoms with Gasteiger partial charge in [-0.3, -0.25) is 0 Å². The Morgan fingerprint density at radius 1 is 0.872 bits per heavy atom. The summed E-state index contributed by atoms with van der Waals surface area (Å²) >= 11 is 0. The van der Waals surface area contributed by atoms with Crippen LogP contribution in [0.2, 0.25) is 0 Å². The maximum Gasteiger partial charge on any atom is 0.243 e. The quantitative estimate of drug-likeness (QED) is 0.398. The van der Waals surface area contributed by atoms with E-state index < -0.39 is 10.0 Å². The Hall–Kier alpha value is -2.76. The number of nitrogens with zero attached hydrogens (tertiary/aromatic N) is 5. The topological polar surface area (TPSA) is 131 Å². The third kappa shape index (κ3) is 5.62. The molecule has 2 aliphatic carbocycles. The van der Waals surface area contributed by atoms with E-state index in [1.165, 1.54) is 12.8 Å². The number of hydrogen-bond acceptors (Lipinski definition) is 8. The molecule has 3 fully saturated rings. The van der Waals surface area contributed by atoms with Crippen LogP contribution >= 0.6 is 0 Å². The number of nitrogens with two attached hydrogens (primary N) is 1. The fraction of sp³-hybridized carbons (Fsp3) is 0.607. The van der Waals surface area contributed by atoms with Crippen LogP contribution in [-0.4, -0.2) is 63.5 Å². The molecule has 6 rings (SSSR count). The monoisotopic (exact) mass is 552 g/mol. The number of imidazole rings is 1. The van der Waals surface area contributed by atoms with Gasteiger partial charge in [0.05, 0.1) is 11.2 Å². The molecule has 1 saturated heterocycles. The highest BCUT2D eigenvalue weighted by Gasteiger charge is 2.31. The molecule has 10 nitrogen and oxygen atoms in total. The molecule has 0 radical (unpaired) electrons. The van der Waals surface area contributed by atoms with Crippen LogP contribution in [0.25, 0.3) is 11.2 Å². The fourth-order valence-electron chi connectivity index (χ4n) is 6.27. The van der Waals surface area contributed by atoms with Gasteiger partial charge in [0.1, 0.15) is 0 Å². The Kier molecular flexibility index (Phi) is 7.47. The Labute approximate surface area is 230 Å². The summed E-state index contributed by atoms with van der Waals surface area (Å²) in [5.41, 5.74) is 8.82. The number of aryl methyl sites for hydroxylation is 1. The van der Waals surface area contributed by atoms with Gasteiger partial charge in [0.25, 0.3) is 0 Å². The van der Waals surface area contributed by atoms with E-state index >= 15 is 0 Å². The molecule has 4 N–H and O–H groups in total. The van der Waals surface area contributed by atoms with Crippen molar-refractivity contribution in [2.24, 2.45) is 5.73 Å². The zero-order chi connectivity index (χ0) is 27.0. The second-order valence-corrected chi connectivity index (χ2v) is 13.5. The van der Waals surface area contributed by atoms with Crippen molar-refractivity contribution >= 4 is 33.0 Å². The molecule has 11 heteroatoms. The molecule has 0 bridgehead atoms. The van der Waals surface area contributed by atoms with E-state index in [2.05, 4.69) is 15.2 Å². The Morgan fingerprint density at radius 2 is 1.54 bits per heavy atom. The molecule has 3 aromatic rings. The second kappa shape index (κ2) is 11.0. The second-order valence-electron chi connectivity index (χ2n) is 11.5. The molecule has 0 spiro atoms. The van der Waals surface area contributed by atoms with Crippen LogP contribution < -0.4 is 16.4 Å². The number of fused-ring (bicyclic) bond motifs is 1. The molecule has 39 heavy (non-hydrogen) atoms. The fourth-order valence-corrected chi connectivity index (χ4v) is 7.74. The lowest BCUT2D eigenvalue weighted by atomic mass is 9.92. The van der Waals surface area contributed by atoms with E-state index in [9.17, 15) is 8.42 Å². The highest BCUT2D eigenvalue weighted by Crippen LogP contribution is 2.34.